The third kappa shape index (κ3) is 1.87. The van der Waals surface area contributed by atoms with E-state index in [1.807, 2.05) is 0 Å². The first kappa shape index (κ1) is 11.5. The molecule has 0 bridgehead atoms. The van der Waals surface area contributed by atoms with E-state index in [0.717, 1.165) is 45.5 Å². The van der Waals surface area contributed by atoms with Crippen molar-refractivity contribution in [3.63, 3.8) is 0 Å². The molecule has 1 saturated carbocycles. The molecule has 2 heterocycles. The van der Waals surface area contributed by atoms with Crippen LogP contribution >= 0.6 is 0 Å². The summed E-state index contributed by atoms with van der Waals surface area (Å²) in [5.74, 6) is 0.350. The highest BCUT2D eigenvalue weighted by Crippen LogP contribution is 2.34. The fourth-order valence-electron chi connectivity index (χ4n) is 3.52. The molecule has 17 heavy (non-hydrogen) atoms. The molecule has 2 aliphatic heterocycles. The number of nitrogens with zero attached hydrogens (tertiary/aromatic N) is 1. The zero-order valence-electron chi connectivity index (χ0n) is 10.6. The molecule has 3 unspecified atom stereocenters. The lowest BCUT2D eigenvalue weighted by Gasteiger charge is -2.41. The molecule has 1 N–H and O–H groups in total. The molecule has 0 spiro atoms. The maximum atomic E-state index is 12.7. The molecule has 3 fully saturated rings. The molecule has 4 nitrogen and oxygen atoms in total. The van der Waals surface area contributed by atoms with Gasteiger partial charge in [0, 0.05) is 13.1 Å². The summed E-state index contributed by atoms with van der Waals surface area (Å²) in [4.78, 5) is 14.8. The monoisotopic (exact) mass is 238 g/mol. The summed E-state index contributed by atoms with van der Waals surface area (Å²) in [5.41, 5.74) is -0.176. The van der Waals surface area contributed by atoms with Crippen LogP contribution in [-0.4, -0.2) is 49.2 Å². The van der Waals surface area contributed by atoms with Crippen molar-refractivity contribution in [2.75, 3.05) is 26.2 Å². The van der Waals surface area contributed by atoms with Crippen molar-refractivity contribution in [3.8, 4) is 0 Å². The number of carbonyl (C=O) groups excluding carboxylic acids is 1. The Morgan fingerprint density at radius 2 is 2.35 bits per heavy atom. The number of ether oxygens (including phenoxy) is 1. The van der Waals surface area contributed by atoms with Gasteiger partial charge < -0.3 is 15.0 Å². The molecule has 0 aromatic carbocycles. The largest absolute Gasteiger partial charge is 0.374 e. The molecular weight excluding hydrogens is 216 g/mol. The topological polar surface area (TPSA) is 41.6 Å². The average molecular weight is 238 g/mol. The lowest BCUT2D eigenvalue weighted by molar-refractivity contribution is -0.153. The van der Waals surface area contributed by atoms with E-state index in [-0.39, 0.29) is 5.41 Å². The number of hydrogen-bond donors (Lipinski definition) is 1. The van der Waals surface area contributed by atoms with Crippen LogP contribution in [0.3, 0.4) is 0 Å². The van der Waals surface area contributed by atoms with E-state index in [1.54, 1.807) is 0 Å². The number of rotatable bonds is 1. The van der Waals surface area contributed by atoms with Gasteiger partial charge in [-0.25, -0.2) is 0 Å². The molecule has 2 saturated heterocycles. The highest BCUT2D eigenvalue weighted by atomic mass is 16.5. The first-order valence-electron chi connectivity index (χ1n) is 6.84. The Bertz CT molecular complexity index is 313. The van der Waals surface area contributed by atoms with Crippen LogP contribution in [-0.2, 0) is 9.53 Å². The number of amides is 1. The van der Waals surface area contributed by atoms with Gasteiger partial charge in [0.05, 0.1) is 24.2 Å². The summed E-state index contributed by atoms with van der Waals surface area (Å²) in [6.07, 6.45) is 4.74. The molecular formula is C13H22N2O2. The first-order chi connectivity index (χ1) is 8.21. The van der Waals surface area contributed by atoms with E-state index in [9.17, 15) is 4.79 Å². The maximum Gasteiger partial charge on any atom is 0.230 e. The van der Waals surface area contributed by atoms with E-state index in [0.29, 0.717) is 18.1 Å². The molecule has 0 aromatic heterocycles. The second kappa shape index (κ2) is 4.25. The van der Waals surface area contributed by atoms with Crippen molar-refractivity contribution in [1.29, 1.82) is 0 Å². The van der Waals surface area contributed by atoms with Gasteiger partial charge in [-0.1, -0.05) is 0 Å². The minimum atomic E-state index is -0.176. The Morgan fingerprint density at radius 3 is 3.12 bits per heavy atom. The maximum absolute atomic E-state index is 12.7. The van der Waals surface area contributed by atoms with Crippen LogP contribution in [0.2, 0.25) is 0 Å². The minimum absolute atomic E-state index is 0.176. The highest BCUT2D eigenvalue weighted by molar-refractivity contribution is 5.83. The zero-order valence-corrected chi connectivity index (χ0v) is 10.6. The summed E-state index contributed by atoms with van der Waals surface area (Å²) >= 11 is 0. The first-order valence-corrected chi connectivity index (χ1v) is 6.84. The van der Waals surface area contributed by atoms with Gasteiger partial charge in [0.25, 0.3) is 0 Å². The van der Waals surface area contributed by atoms with Crippen molar-refractivity contribution < 1.29 is 9.53 Å². The van der Waals surface area contributed by atoms with Crippen LogP contribution in [0.4, 0.5) is 0 Å². The normalized spacial score (nSPS) is 41.6. The van der Waals surface area contributed by atoms with Crippen molar-refractivity contribution in [1.82, 2.24) is 10.2 Å². The number of carbonyl (C=O) groups is 1. The van der Waals surface area contributed by atoms with Crippen molar-refractivity contribution >= 4 is 5.91 Å². The van der Waals surface area contributed by atoms with E-state index < -0.39 is 0 Å². The van der Waals surface area contributed by atoms with Gasteiger partial charge in [0.1, 0.15) is 0 Å². The van der Waals surface area contributed by atoms with E-state index >= 15 is 0 Å². The number of morpholine rings is 1. The Labute approximate surface area is 103 Å². The predicted molar refractivity (Wildman–Crippen MR) is 64.7 cm³/mol. The standard InChI is InChI=1S/C13H22N2O2/c1-13(5-6-14-9-13)12(16)15-7-8-17-11-4-2-3-10(11)15/h10-11,14H,2-9H2,1H3. The number of nitrogens with one attached hydrogen (secondary N) is 1. The van der Waals surface area contributed by atoms with Gasteiger partial charge in [-0.05, 0) is 39.2 Å². The van der Waals surface area contributed by atoms with Crippen LogP contribution in [0, 0.1) is 5.41 Å². The van der Waals surface area contributed by atoms with E-state index in [2.05, 4.69) is 17.1 Å². The van der Waals surface area contributed by atoms with Gasteiger partial charge in [-0.2, -0.15) is 0 Å². The van der Waals surface area contributed by atoms with Crippen LogP contribution in [0.1, 0.15) is 32.6 Å². The van der Waals surface area contributed by atoms with Crippen LogP contribution < -0.4 is 5.32 Å². The Hall–Kier alpha value is -0.610. The second-order valence-corrected chi connectivity index (χ2v) is 5.89. The molecule has 0 radical (unpaired) electrons. The third-order valence-corrected chi connectivity index (χ3v) is 4.63. The molecule has 3 rings (SSSR count). The van der Waals surface area contributed by atoms with Crippen LogP contribution in [0.15, 0.2) is 0 Å². The van der Waals surface area contributed by atoms with Crippen molar-refractivity contribution in [2.45, 2.75) is 44.8 Å². The summed E-state index contributed by atoms with van der Waals surface area (Å²) < 4.78 is 5.77. The van der Waals surface area contributed by atoms with Gasteiger partial charge in [-0.3, -0.25) is 4.79 Å². The van der Waals surface area contributed by atoms with Crippen LogP contribution in [0.5, 0.6) is 0 Å². The van der Waals surface area contributed by atoms with Crippen molar-refractivity contribution in [2.24, 2.45) is 5.41 Å². The molecule has 4 heteroatoms. The summed E-state index contributed by atoms with van der Waals surface area (Å²) in [6, 6.07) is 0.355. The van der Waals surface area contributed by atoms with Gasteiger partial charge >= 0.3 is 0 Å². The lowest BCUT2D eigenvalue weighted by Crippen LogP contribution is -2.55. The molecule has 96 valence electrons. The number of fused-ring (bicyclic) bond motifs is 1. The minimum Gasteiger partial charge on any atom is -0.374 e. The third-order valence-electron chi connectivity index (χ3n) is 4.63. The summed E-state index contributed by atoms with van der Waals surface area (Å²) in [5, 5.41) is 3.31. The van der Waals surface area contributed by atoms with Gasteiger partial charge in [0.15, 0.2) is 0 Å². The lowest BCUT2D eigenvalue weighted by atomic mass is 9.87. The SMILES string of the molecule is CC1(C(=O)N2CCOC3CCCC32)CCNC1. The predicted octanol–water partition coefficient (Wildman–Crippen LogP) is 0.766. The van der Waals surface area contributed by atoms with Crippen LogP contribution in [0.25, 0.3) is 0 Å². The summed E-state index contributed by atoms with van der Waals surface area (Å²) in [6.45, 7) is 5.42. The van der Waals surface area contributed by atoms with Gasteiger partial charge in [0.2, 0.25) is 5.91 Å². The molecule has 3 aliphatic rings. The highest BCUT2D eigenvalue weighted by Gasteiger charge is 2.45. The zero-order chi connectivity index (χ0) is 11.9. The summed E-state index contributed by atoms with van der Waals surface area (Å²) in [7, 11) is 0. The molecule has 1 aliphatic carbocycles. The molecule has 0 aromatic rings. The Balaban J connectivity index is 1.76. The smallest absolute Gasteiger partial charge is 0.230 e. The fourth-order valence-corrected chi connectivity index (χ4v) is 3.52. The van der Waals surface area contributed by atoms with E-state index in [4.69, 9.17) is 4.74 Å². The molecule has 3 atom stereocenters. The second-order valence-electron chi connectivity index (χ2n) is 5.89. The number of hydrogen-bond acceptors (Lipinski definition) is 3. The Morgan fingerprint density at radius 1 is 1.47 bits per heavy atom. The average Bonchev–Trinajstić information content (AvgIpc) is 2.96. The molecule has 1 amide bonds. The van der Waals surface area contributed by atoms with Crippen molar-refractivity contribution in [3.05, 3.63) is 0 Å². The quantitative estimate of drug-likeness (QED) is 0.733. The van der Waals surface area contributed by atoms with E-state index in [1.165, 1.54) is 6.42 Å². The fraction of sp³-hybridized carbons (Fsp3) is 0.923. The van der Waals surface area contributed by atoms with Gasteiger partial charge in [-0.15, -0.1) is 0 Å². The Kier molecular flexibility index (Phi) is 2.87.